The van der Waals surface area contributed by atoms with E-state index >= 15 is 0 Å². The van der Waals surface area contributed by atoms with Gasteiger partial charge in [-0.1, -0.05) is 0 Å². The number of hydrogen-bond donors (Lipinski definition) is 0. The van der Waals surface area contributed by atoms with Gasteiger partial charge in [-0.25, -0.2) is 4.98 Å². The van der Waals surface area contributed by atoms with Crippen molar-refractivity contribution < 1.29 is 9.53 Å². The van der Waals surface area contributed by atoms with Crippen LogP contribution in [0.25, 0.3) is 11.0 Å². The minimum atomic E-state index is -0.130. The van der Waals surface area contributed by atoms with Crippen LogP contribution in [-0.2, 0) is 28.8 Å². The molecule has 3 rings (SSSR count). The third-order valence-corrected chi connectivity index (χ3v) is 4.51. The highest BCUT2D eigenvalue weighted by atomic mass is 16.5. The fraction of sp³-hybridized carbons (Fsp3) is 0.579. The van der Waals surface area contributed by atoms with Crippen LogP contribution in [0.15, 0.2) is 12.1 Å². The Morgan fingerprint density at radius 1 is 1.12 bits per heavy atom. The van der Waals surface area contributed by atoms with Crippen LogP contribution >= 0.6 is 0 Å². The first-order valence-corrected chi connectivity index (χ1v) is 9.07. The zero-order valence-electron chi connectivity index (χ0n) is 15.1. The number of ether oxygens (including phenoxy) is 1. The van der Waals surface area contributed by atoms with Crippen molar-refractivity contribution in [2.75, 3.05) is 27.2 Å². The molecule has 0 spiro atoms. The molecule has 0 saturated heterocycles. The van der Waals surface area contributed by atoms with Crippen molar-refractivity contribution in [3.05, 3.63) is 29.1 Å². The number of carbonyl (C=O) groups is 1. The van der Waals surface area contributed by atoms with Crippen LogP contribution in [0.5, 0.6) is 0 Å². The van der Waals surface area contributed by atoms with Gasteiger partial charge in [-0.05, 0) is 76.0 Å². The van der Waals surface area contributed by atoms with Crippen molar-refractivity contribution >= 4 is 17.0 Å². The third kappa shape index (κ3) is 4.95. The average molecular weight is 342 g/mol. The first kappa shape index (κ1) is 17.7. The predicted molar refractivity (Wildman–Crippen MR) is 96.4 cm³/mol. The summed E-state index contributed by atoms with van der Waals surface area (Å²) in [5, 5.41) is 8.52. The molecule has 134 valence electrons. The molecular weight excluding hydrogens is 316 g/mol. The van der Waals surface area contributed by atoms with E-state index in [1.54, 1.807) is 0 Å². The third-order valence-electron chi connectivity index (χ3n) is 4.51. The van der Waals surface area contributed by atoms with Crippen LogP contribution in [0.1, 0.15) is 42.6 Å². The molecule has 0 fully saturated rings. The van der Waals surface area contributed by atoms with Crippen molar-refractivity contribution in [2.45, 2.75) is 44.9 Å². The van der Waals surface area contributed by atoms with Crippen molar-refractivity contribution in [2.24, 2.45) is 0 Å². The summed E-state index contributed by atoms with van der Waals surface area (Å²) in [4.78, 5) is 18.3. The van der Waals surface area contributed by atoms with Gasteiger partial charge in [0.2, 0.25) is 0 Å². The molecular formula is C19H26N4O2. The summed E-state index contributed by atoms with van der Waals surface area (Å²) in [5.41, 5.74) is 4.58. The lowest BCUT2D eigenvalue weighted by atomic mass is 10.1. The Kier molecular flexibility index (Phi) is 5.91. The van der Waals surface area contributed by atoms with Gasteiger partial charge >= 0.3 is 5.97 Å². The van der Waals surface area contributed by atoms with Crippen LogP contribution in [0.4, 0.5) is 0 Å². The van der Waals surface area contributed by atoms with Gasteiger partial charge in [-0.3, -0.25) is 4.79 Å². The number of benzene rings is 1. The zero-order chi connectivity index (χ0) is 17.6. The van der Waals surface area contributed by atoms with E-state index in [2.05, 4.69) is 32.2 Å². The normalized spacial score (nSPS) is 13.4. The van der Waals surface area contributed by atoms with Gasteiger partial charge in [0.05, 0.1) is 12.1 Å². The molecule has 0 N–H and O–H groups in total. The maximum Gasteiger partial charge on any atom is 0.305 e. The van der Waals surface area contributed by atoms with Crippen molar-refractivity contribution in [1.29, 1.82) is 0 Å². The van der Waals surface area contributed by atoms with Crippen LogP contribution in [-0.4, -0.2) is 53.3 Å². The second-order valence-electron chi connectivity index (χ2n) is 6.92. The van der Waals surface area contributed by atoms with Crippen LogP contribution in [0, 0.1) is 0 Å². The summed E-state index contributed by atoms with van der Waals surface area (Å²) in [7, 11) is 3.99. The summed E-state index contributed by atoms with van der Waals surface area (Å²) in [6.07, 6.45) is 6.17. The molecule has 1 aliphatic rings. The van der Waals surface area contributed by atoms with E-state index in [-0.39, 0.29) is 5.97 Å². The minimum absolute atomic E-state index is 0.130. The zero-order valence-corrected chi connectivity index (χ0v) is 15.1. The molecule has 0 unspecified atom stereocenters. The quantitative estimate of drug-likeness (QED) is 0.542. The summed E-state index contributed by atoms with van der Waals surface area (Å²) >= 11 is 0. The molecule has 1 aliphatic carbocycles. The van der Waals surface area contributed by atoms with E-state index in [9.17, 15) is 4.79 Å². The molecule has 6 nitrogen and oxygen atoms in total. The summed E-state index contributed by atoms with van der Waals surface area (Å²) in [6, 6.07) is 4.28. The highest BCUT2D eigenvalue weighted by Gasteiger charge is 2.13. The van der Waals surface area contributed by atoms with Gasteiger partial charge in [-0.15, -0.1) is 10.2 Å². The largest absolute Gasteiger partial charge is 0.466 e. The maximum absolute atomic E-state index is 11.6. The maximum atomic E-state index is 11.6. The lowest BCUT2D eigenvalue weighted by Gasteiger charge is -2.09. The molecule has 0 radical (unpaired) electrons. The van der Waals surface area contributed by atoms with E-state index in [1.807, 2.05) is 14.1 Å². The smallest absolute Gasteiger partial charge is 0.305 e. The number of nitrogens with zero attached hydrogens (tertiary/aromatic N) is 4. The fourth-order valence-electron chi connectivity index (χ4n) is 3.17. The molecule has 0 atom stereocenters. The van der Waals surface area contributed by atoms with Crippen molar-refractivity contribution in [3.8, 4) is 0 Å². The Bertz CT molecular complexity index is 746. The lowest BCUT2D eigenvalue weighted by Crippen LogP contribution is -2.15. The van der Waals surface area contributed by atoms with Gasteiger partial charge in [0.25, 0.3) is 0 Å². The number of carbonyl (C=O) groups excluding carboxylic acids is 1. The van der Waals surface area contributed by atoms with E-state index in [0.29, 0.717) is 25.3 Å². The van der Waals surface area contributed by atoms with E-state index in [1.165, 1.54) is 17.5 Å². The molecule has 6 heteroatoms. The van der Waals surface area contributed by atoms with E-state index in [0.717, 1.165) is 43.3 Å². The number of esters is 1. The topological polar surface area (TPSA) is 68.2 Å². The first-order valence-electron chi connectivity index (χ1n) is 9.07. The molecule has 0 aliphatic heterocycles. The molecule has 2 aromatic rings. The van der Waals surface area contributed by atoms with Gasteiger partial charge in [0.1, 0.15) is 5.52 Å². The van der Waals surface area contributed by atoms with Gasteiger partial charge in [0, 0.05) is 12.8 Å². The number of rotatable bonds is 8. The number of fused-ring (bicyclic) bond motifs is 2. The summed E-state index contributed by atoms with van der Waals surface area (Å²) < 4.78 is 5.26. The minimum Gasteiger partial charge on any atom is -0.466 e. The first-order chi connectivity index (χ1) is 12.1. The molecule has 0 amide bonds. The number of hydrogen-bond acceptors (Lipinski definition) is 6. The van der Waals surface area contributed by atoms with Gasteiger partial charge in [0.15, 0.2) is 5.82 Å². The average Bonchev–Trinajstić information content (AvgIpc) is 3.03. The second kappa shape index (κ2) is 8.34. The SMILES string of the molecule is CN(C)CCCC(=O)OCCCc1nnc2cc3c(cc2n1)CCC3. The van der Waals surface area contributed by atoms with Crippen molar-refractivity contribution in [1.82, 2.24) is 20.1 Å². The molecule has 25 heavy (non-hydrogen) atoms. The Balaban J connectivity index is 1.45. The molecule has 1 aromatic heterocycles. The second-order valence-corrected chi connectivity index (χ2v) is 6.92. The van der Waals surface area contributed by atoms with E-state index in [4.69, 9.17) is 4.74 Å². The van der Waals surface area contributed by atoms with Gasteiger partial charge in [-0.2, -0.15) is 0 Å². The highest BCUT2D eigenvalue weighted by Crippen LogP contribution is 2.25. The Labute approximate surface area is 148 Å². The highest BCUT2D eigenvalue weighted by molar-refractivity contribution is 5.76. The Morgan fingerprint density at radius 3 is 2.64 bits per heavy atom. The molecule has 1 heterocycles. The summed E-state index contributed by atoms with van der Waals surface area (Å²) in [6.45, 7) is 1.31. The van der Waals surface area contributed by atoms with E-state index < -0.39 is 0 Å². The number of aromatic nitrogens is 3. The fourth-order valence-corrected chi connectivity index (χ4v) is 3.17. The lowest BCUT2D eigenvalue weighted by molar-refractivity contribution is -0.143. The molecule has 1 aromatic carbocycles. The Hall–Kier alpha value is -2.08. The van der Waals surface area contributed by atoms with Gasteiger partial charge < -0.3 is 9.64 Å². The monoisotopic (exact) mass is 342 g/mol. The van der Waals surface area contributed by atoms with Crippen LogP contribution in [0.2, 0.25) is 0 Å². The summed E-state index contributed by atoms with van der Waals surface area (Å²) in [5.74, 6) is 0.587. The van der Waals surface area contributed by atoms with Crippen LogP contribution < -0.4 is 0 Å². The molecule has 0 saturated carbocycles. The van der Waals surface area contributed by atoms with Crippen LogP contribution in [0.3, 0.4) is 0 Å². The molecule has 0 bridgehead atoms. The number of aryl methyl sites for hydroxylation is 3. The standard InChI is InChI=1S/C19H26N4O2/c1-23(2)10-4-9-19(24)25-11-5-8-18-20-16-12-14-6-3-7-15(14)13-17(16)21-22-18/h12-13H,3-11H2,1-2H3. The Morgan fingerprint density at radius 2 is 1.88 bits per heavy atom. The predicted octanol–water partition coefficient (Wildman–Crippen LogP) is 2.33. The van der Waals surface area contributed by atoms with Crippen molar-refractivity contribution in [3.63, 3.8) is 0 Å².